The Morgan fingerprint density at radius 2 is 2.06 bits per heavy atom. The molecule has 0 saturated heterocycles. The fraction of sp³-hybridized carbons (Fsp3) is 0.867. The van der Waals surface area contributed by atoms with Crippen LogP contribution in [0.25, 0.3) is 0 Å². The molecule has 0 bridgehead atoms. The Hall–Kier alpha value is -0.480. The topological polar surface area (TPSA) is 12.0 Å². The molecule has 0 amide bonds. The fourth-order valence-corrected chi connectivity index (χ4v) is 2.59. The number of hydrogen-bond donors (Lipinski definition) is 1. The molecule has 1 fully saturated rings. The summed E-state index contributed by atoms with van der Waals surface area (Å²) in [6.45, 7) is 5.31. The Morgan fingerprint density at radius 3 is 2.69 bits per heavy atom. The third-order valence-corrected chi connectivity index (χ3v) is 3.61. The van der Waals surface area contributed by atoms with E-state index in [1.807, 2.05) is 6.92 Å². The first-order valence-corrected chi connectivity index (χ1v) is 6.99. The maximum Gasteiger partial charge on any atom is 0.0243 e. The van der Waals surface area contributed by atoms with Crippen LogP contribution in [0.1, 0.15) is 65.2 Å². The van der Waals surface area contributed by atoms with Crippen molar-refractivity contribution in [1.82, 2.24) is 5.32 Å². The van der Waals surface area contributed by atoms with Gasteiger partial charge in [0.15, 0.2) is 0 Å². The first kappa shape index (κ1) is 13.6. The van der Waals surface area contributed by atoms with Gasteiger partial charge in [0.05, 0.1) is 0 Å². The van der Waals surface area contributed by atoms with Crippen LogP contribution < -0.4 is 5.32 Å². The first-order chi connectivity index (χ1) is 7.86. The molecular formula is C15H27N. The van der Waals surface area contributed by atoms with E-state index >= 15 is 0 Å². The molecule has 0 aromatic carbocycles. The molecule has 0 heterocycles. The molecule has 16 heavy (non-hydrogen) atoms. The highest BCUT2D eigenvalue weighted by atomic mass is 14.9. The highest BCUT2D eigenvalue weighted by Crippen LogP contribution is 2.29. The molecule has 1 aliphatic carbocycles. The first-order valence-electron chi connectivity index (χ1n) is 6.99. The van der Waals surface area contributed by atoms with Crippen LogP contribution in [0, 0.1) is 17.8 Å². The van der Waals surface area contributed by atoms with E-state index < -0.39 is 0 Å². The van der Waals surface area contributed by atoms with Crippen molar-refractivity contribution in [2.45, 2.75) is 71.3 Å². The Kier molecular flexibility index (Phi) is 7.34. The molecule has 0 aromatic heterocycles. The summed E-state index contributed by atoms with van der Waals surface area (Å²) in [5.41, 5.74) is 0. The normalized spacial score (nSPS) is 18.1. The molecule has 1 rings (SSSR count). The van der Waals surface area contributed by atoms with E-state index in [1.165, 1.54) is 44.9 Å². The van der Waals surface area contributed by atoms with Crippen LogP contribution in [-0.2, 0) is 0 Å². The van der Waals surface area contributed by atoms with Crippen molar-refractivity contribution in [3.8, 4) is 11.8 Å². The SMILES string of the molecule is CC#CCC(CCC1CCCC1)NCCC. The van der Waals surface area contributed by atoms with E-state index in [-0.39, 0.29) is 0 Å². The monoisotopic (exact) mass is 221 g/mol. The second kappa shape index (κ2) is 8.65. The average Bonchev–Trinajstić information content (AvgIpc) is 2.81. The van der Waals surface area contributed by atoms with Gasteiger partial charge in [0.25, 0.3) is 0 Å². The maximum absolute atomic E-state index is 3.63. The van der Waals surface area contributed by atoms with Crippen LogP contribution in [-0.4, -0.2) is 12.6 Å². The number of rotatable bonds is 7. The molecule has 1 atom stereocenters. The van der Waals surface area contributed by atoms with E-state index in [4.69, 9.17) is 0 Å². The van der Waals surface area contributed by atoms with E-state index in [1.54, 1.807) is 0 Å². The van der Waals surface area contributed by atoms with Gasteiger partial charge in [-0.25, -0.2) is 0 Å². The lowest BCUT2D eigenvalue weighted by Crippen LogP contribution is -2.29. The molecule has 1 nitrogen and oxygen atoms in total. The molecule has 1 N–H and O–H groups in total. The van der Waals surface area contributed by atoms with E-state index in [0.717, 1.165) is 18.9 Å². The highest BCUT2D eigenvalue weighted by Gasteiger charge is 2.16. The summed E-state index contributed by atoms with van der Waals surface area (Å²) in [6.07, 6.45) is 10.9. The van der Waals surface area contributed by atoms with Crippen molar-refractivity contribution in [2.24, 2.45) is 5.92 Å². The zero-order valence-corrected chi connectivity index (χ0v) is 11.0. The van der Waals surface area contributed by atoms with Crippen molar-refractivity contribution < 1.29 is 0 Å². The van der Waals surface area contributed by atoms with Crippen LogP contribution in [0.15, 0.2) is 0 Å². The Labute approximate surface area is 101 Å². The number of hydrogen-bond acceptors (Lipinski definition) is 1. The van der Waals surface area contributed by atoms with Gasteiger partial charge >= 0.3 is 0 Å². The lowest BCUT2D eigenvalue weighted by molar-refractivity contribution is 0.408. The lowest BCUT2D eigenvalue weighted by atomic mass is 9.97. The molecule has 1 aliphatic rings. The van der Waals surface area contributed by atoms with Gasteiger partial charge in [-0.15, -0.1) is 11.8 Å². The maximum atomic E-state index is 3.63. The molecule has 1 unspecified atom stereocenters. The van der Waals surface area contributed by atoms with Crippen molar-refractivity contribution in [1.29, 1.82) is 0 Å². The van der Waals surface area contributed by atoms with Gasteiger partial charge in [-0.2, -0.15) is 0 Å². The third-order valence-electron chi connectivity index (χ3n) is 3.61. The second-order valence-corrected chi connectivity index (χ2v) is 5.01. The van der Waals surface area contributed by atoms with Gasteiger partial charge < -0.3 is 5.32 Å². The Morgan fingerprint density at radius 1 is 1.31 bits per heavy atom. The summed E-state index contributed by atoms with van der Waals surface area (Å²) in [4.78, 5) is 0. The van der Waals surface area contributed by atoms with Crippen LogP contribution in [0.3, 0.4) is 0 Å². The van der Waals surface area contributed by atoms with Crippen LogP contribution in [0.5, 0.6) is 0 Å². The van der Waals surface area contributed by atoms with Crippen molar-refractivity contribution in [3.05, 3.63) is 0 Å². The van der Waals surface area contributed by atoms with Crippen LogP contribution >= 0.6 is 0 Å². The fourth-order valence-electron chi connectivity index (χ4n) is 2.59. The molecule has 0 aromatic rings. The van der Waals surface area contributed by atoms with Crippen molar-refractivity contribution >= 4 is 0 Å². The van der Waals surface area contributed by atoms with Gasteiger partial charge in [-0.05, 0) is 38.6 Å². The van der Waals surface area contributed by atoms with Gasteiger partial charge in [-0.1, -0.05) is 32.6 Å². The smallest absolute Gasteiger partial charge is 0.0243 e. The average molecular weight is 221 g/mol. The minimum Gasteiger partial charge on any atom is -0.313 e. The van der Waals surface area contributed by atoms with E-state index in [9.17, 15) is 0 Å². The van der Waals surface area contributed by atoms with Gasteiger partial charge in [0.2, 0.25) is 0 Å². The molecule has 1 saturated carbocycles. The highest BCUT2D eigenvalue weighted by molar-refractivity contribution is 4.98. The number of nitrogens with one attached hydrogen (secondary N) is 1. The summed E-state index contributed by atoms with van der Waals surface area (Å²) in [5, 5.41) is 3.63. The molecule has 1 heteroatoms. The van der Waals surface area contributed by atoms with Gasteiger partial charge in [0.1, 0.15) is 0 Å². The zero-order chi connectivity index (χ0) is 11.6. The summed E-state index contributed by atoms with van der Waals surface area (Å²) in [7, 11) is 0. The molecule has 0 spiro atoms. The van der Waals surface area contributed by atoms with Crippen molar-refractivity contribution in [3.63, 3.8) is 0 Å². The minimum absolute atomic E-state index is 0.632. The van der Waals surface area contributed by atoms with E-state index in [0.29, 0.717) is 6.04 Å². The Bertz CT molecular complexity index is 217. The Balaban J connectivity index is 2.20. The zero-order valence-electron chi connectivity index (χ0n) is 11.0. The van der Waals surface area contributed by atoms with Crippen LogP contribution in [0.2, 0.25) is 0 Å². The summed E-state index contributed by atoms with van der Waals surface area (Å²) in [6, 6.07) is 0.632. The summed E-state index contributed by atoms with van der Waals surface area (Å²) in [5.74, 6) is 7.25. The molecular weight excluding hydrogens is 194 g/mol. The third kappa shape index (κ3) is 5.56. The van der Waals surface area contributed by atoms with E-state index in [2.05, 4.69) is 24.1 Å². The van der Waals surface area contributed by atoms with Gasteiger partial charge in [0, 0.05) is 12.5 Å². The van der Waals surface area contributed by atoms with Crippen molar-refractivity contribution in [2.75, 3.05) is 6.54 Å². The van der Waals surface area contributed by atoms with Gasteiger partial charge in [-0.3, -0.25) is 0 Å². The molecule has 0 aliphatic heterocycles. The molecule has 92 valence electrons. The quantitative estimate of drug-likeness (QED) is 0.646. The summed E-state index contributed by atoms with van der Waals surface area (Å²) >= 11 is 0. The molecule has 0 radical (unpaired) electrons. The standard InChI is InChI=1S/C15H27N/c1-3-5-10-15(16-13-4-2)12-11-14-8-6-7-9-14/h14-16H,4,6-13H2,1-2H3. The minimum atomic E-state index is 0.632. The predicted molar refractivity (Wildman–Crippen MR) is 71.3 cm³/mol. The summed E-state index contributed by atoms with van der Waals surface area (Å²) < 4.78 is 0. The lowest BCUT2D eigenvalue weighted by Gasteiger charge is -2.18. The predicted octanol–water partition coefficient (Wildman–Crippen LogP) is 3.74. The largest absolute Gasteiger partial charge is 0.313 e. The van der Waals surface area contributed by atoms with Crippen LogP contribution in [0.4, 0.5) is 0 Å². The second-order valence-electron chi connectivity index (χ2n) is 5.01.